The first-order chi connectivity index (χ1) is 9.49. The molecule has 0 aliphatic heterocycles. The van der Waals surface area contributed by atoms with Gasteiger partial charge in [0.05, 0.1) is 23.8 Å². The Hall–Kier alpha value is -1.74. The van der Waals surface area contributed by atoms with Crippen molar-refractivity contribution < 1.29 is 17.9 Å². The van der Waals surface area contributed by atoms with E-state index in [2.05, 4.69) is 12.2 Å². The molecule has 0 atom stereocenters. The maximum Gasteiger partial charge on any atom is 0.417 e. The van der Waals surface area contributed by atoms with E-state index in [9.17, 15) is 13.2 Å². The molecule has 20 heavy (non-hydrogen) atoms. The van der Waals surface area contributed by atoms with Crippen molar-refractivity contribution in [1.29, 1.82) is 5.26 Å². The summed E-state index contributed by atoms with van der Waals surface area (Å²) in [5, 5.41) is 11.7. The molecule has 1 aromatic carbocycles. The number of nitrogens with one attached hydrogen (secondary N) is 1. The number of halogens is 3. The lowest BCUT2D eigenvalue weighted by Gasteiger charge is -2.11. The third-order valence-electron chi connectivity index (χ3n) is 2.66. The smallest absolute Gasteiger partial charge is 0.383 e. The number of anilines is 1. The minimum Gasteiger partial charge on any atom is -0.383 e. The first-order valence-electron chi connectivity index (χ1n) is 6.42. The van der Waals surface area contributed by atoms with Crippen LogP contribution >= 0.6 is 0 Å². The predicted molar refractivity (Wildman–Crippen MR) is 70.4 cm³/mol. The second-order valence-corrected chi connectivity index (χ2v) is 4.26. The number of hydrogen-bond acceptors (Lipinski definition) is 3. The van der Waals surface area contributed by atoms with Gasteiger partial charge in [0, 0.05) is 18.8 Å². The van der Waals surface area contributed by atoms with Crippen molar-refractivity contribution in [1.82, 2.24) is 0 Å². The van der Waals surface area contributed by atoms with E-state index in [0.29, 0.717) is 25.4 Å². The van der Waals surface area contributed by atoms with Crippen LogP contribution in [0.1, 0.15) is 30.9 Å². The number of nitriles is 1. The highest BCUT2D eigenvalue weighted by Crippen LogP contribution is 2.32. The molecule has 0 spiro atoms. The zero-order valence-electron chi connectivity index (χ0n) is 11.3. The fraction of sp³-hybridized carbons (Fsp3) is 0.500. The van der Waals surface area contributed by atoms with Crippen LogP contribution in [0.3, 0.4) is 0 Å². The normalized spacial score (nSPS) is 11.2. The van der Waals surface area contributed by atoms with Gasteiger partial charge in [0.15, 0.2) is 0 Å². The summed E-state index contributed by atoms with van der Waals surface area (Å²) in [6, 6.07) is 5.00. The topological polar surface area (TPSA) is 45.0 Å². The molecule has 0 unspecified atom stereocenters. The summed E-state index contributed by atoms with van der Waals surface area (Å²) in [5.74, 6) is 0. The lowest BCUT2D eigenvalue weighted by atomic mass is 10.1. The Morgan fingerprint density at radius 3 is 2.65 bits per heavy atom. The number of benzene rings is 1. The molecule has 0 fully saturated rings. The maximum atomic E-state index is 12.6. The van der Waals surface area contributed by atoms with Gasteiger partial charge in [0.25, 0.3) is 0 Å². The van der Waals surface area contributed by atoms with Crippen LogP contribution in [0.4, 0.5) is 18.9 Å². The Kier molecular flexibility index (Phi) is 6.32. The van der Waals surface area contributed by atoms with E-state index >= 15 is 0 Å². The summed E-state index contributed by atoms with van der Waals surface area (Å²) in [6.07, 6.45) is -2.47. The summed E-state index contributed by atoms with van der Waals surface area (Å²) < 4.78 is 43.1. The van der Waals surface area contributed by atoms with E-state index in [1.54, 1.807) is 6.07 Å². The van der Waals surface area contributed by atoms with Crippen LogP contribution in [0.15, 0.2) is 18.2 Å². The summed E-state index contributed by atoms with van der Waals surface area (Å²) in [6.45, 7) is 3.70. The molecule has 0 aliphatic carbocycles. The number of rotatable bonds is 7. The van der Waals surface area contributed by atoms with Crippen LogP contribution in [-0.4, -0.2) is 19.8 Å². The van der Waals surface area contributed by atoms with Crippen LogP contribution in [0.5, 0.6) is 0 Å². The number of hydrogen-bond donors (Lipinski definition) is 1. The third-order valence-corrected chi connectivity index (χ3v) is 2.66. The number of ether oxygens (including phenoxy) is 1. The standard InChI is InChI=1S/C14H17F3N2O/c1-2-3-7-20-8-6-19-12-4-5-13(14(15,16)17)11(9-12)10-18/h4-5,9,19H,2-3,6-8H2,1H3. The van der Waals surface area contributed by atoms with E-state index in [1.165, 1.54) is 12.1 Å². The van der Waals surface area contributed by atoms with Gasteiger partial charge in [-0.15, -0.1) is 0 Å². The molecule has 0 bridgehead atoms. The Morgan fingerprint density at radius 1 is 1.30 bits per heavy atom. The van der Waals surface area contributed by atoms with Crippen molar-refractivity contribution >= 4 is 5.69 Å². The molecule has 6 heteroatoms. The molecule has 0 aromatic heterocycles. The Bertz CT molecular complexity index is 466. The highest BCUT2D eigenvalue weighted by Gasteiger charge is 2.33. The molecule has 1 aromatic rings. The van der Waals surface area contributed by atoms with Crippen molar-refractivity contribution in [2.24, 2.45) is 0 Å². The molecule has 0 saturated carbocycles. The van der Waals surface area contributed by atoms with Crippen LogP contribution in [-0.2, 0) is 10.9 Å². The fourth-order valence-electron chi connectivity index (χ4n) is 1.61. The van der Waals surface area contributed by atoms with Crippen LogP contribution in [0, 0.1) is 11.3 Å². The molecular formula is C14H17F3N2O. The number of alkyl halides is 3. The van der Waals surface area contributed by atoms with Crippen LogP contribution in [0.2, 0.25) is 0 Å². The molecule has 0 saturated heterocycles. The van der Waals surface area contributed by atoms with Crippen molar-refractivity contribution in [2.45, 2.75) is 25.9 Å². The largest absolute Gasteiger partial charge is 0.417 e. The van der Waals surface area contributed by atoms with Gasteiger partial charge in [0.2, 0.25) is 0 Å². The van der Waals surface area contributed by atoms with E-state index in [1.807, 2.05) is 0 Å². The minimum absolute atomic E-state index is 0.380. The van der Waals surface area contributed by atoms with Gasteiger partial charge in [-0.3, -0.25) is 0 Å². The van der Waals surface area contributed by atoms with E-state index in [4.69, 9.17) is 10.00 Å². The van der Waals surface area contributed by atoms with Crippen molar-refractivity contribution in [2.75, 3.05) is 25.1 Å². The monoisotopic (exact) mass is 286 g/mol. The third kappa shape index (κ3) is 5.10. The Morgan fingerprint density at radius 2 is 2.05 bits per heavy atom. The van der Waals surface area contributed by atoms with Crippen molar-refractivity contribution in [3.63, 3.8) is 0 Å². The molecule has 110 valence electrons. The SMILES string of the molecule is CCCCOCCNc1ccc(C(F)(F)F)c(C#N)c1. The van der Waals surface area contributed by atoms with Crippen molar-refractivity contribution in [3.05, 3.63) is 29.3 Å². The first kappa shape index (κ1) is 16.3. The second kappa shape index (κ2) is 7.75. The summed E-state index contributed by atoms with van der Waals surface area (Å²) in [4.78, 5) is 0. The molecule has 0 heterocycles. The lowest BCUT2D eigenvalue weighted by Crippen LogP contribution is -2.12. The number of unbranched alkanes of at least 4 members (excludes halogenated alkanes) is 1. The van der Waals surface area contributed by atoms with Gasteiger partial charge in [-0.25, -0.2) is 0 Å². The molecule has 1 N–H and O–H groups in total. The van der Waals surface area contributed by atoms with Gasteiger partial charge >= 0.3 is 6.18 Å². The quantitative estimate of drug-likeness (QED) is 0.775. The molecule has 0 radical (unpaired) electrons. The highest BCUT2D eigenvalue weighted by molar-refractivity contribution is 5.53. The Labute approximate surface area is 116 Å². The summed E-state index contributed by atoms with van der Waals surface area (Å²) in [5.41, 5.74) is -0.812. The predicted octanol–water partition coefficient (Wildman–Crippen LogP) is 3.81. The van der Waals surface area contributed by atoms with E-state index in [0.717, 1.165) is 18.9 Å². The minimum atomic E-state index is -4.51. The average molecular weight is 286 g/mol. The zero-order chi connectivity index (χ0) is 15.0. The molecule has 0 aliphatic rings. The number of nitrogens with zero attached hydrogens (tertiary/aromatic N) is 1. The van der Waals surface area contributed by atoms with Crippen LogP contribution < -0.4 is 5.32 Å². The average Bonchev–Trinajstić information content (AvgIpc) is 2.41. The summed E-state index contributed by atoms with van der Waals surface area (Å²) in [7, 11) is 0. The van der Waals surface area contributed by atoms with Crippen molar-refractivity contribution in [3.8, 4) is 6.07 Å². The molecular weight excluding hydrogens is 269 g/mol. The highest BCUT2D eigenvalue weighted by atomic mass is 19.4. The van der Waals surface area contributed by atoms with Crippen LogP contribution in [0.25, 0.3) is 0 Å². The zero-order valence-corrected chi connectivity index (χ0v) is 11.3. The van der Waals surface area contributed by atoms with Gasteiger partial charge < -0.3 is 10.1 Å². The fourth-order valence-corrected chi connectivity index (χ4v) is 1.61. The van der Waals surface area contributed by atoms with Gasteiger partial charge in [-0.2, -0.15) is 18.4 Å². The van der Waals surface area contributed by atoms with Gasteiger partial charge in [-0.05, 0) is 24.6 Å². The maximum absolute atomic E-state index is 12.6. The first-order valence-corrected chi connectivity index (χ1v) is 6.42. The summed E-state index contributed by atoms with van der Waals surface area (Å²) >= 11 is 0. The van der Waals surface area contributed by atoms with Gasteiger partial charge in [-0.1, -0.05) is 13.3 Å². The molecule has 3 nitrogen and oxygen atoms in total. The lowest BCUT2D eigenvalue weighted by molar-refractivity contribution is -0.137. The molecule has 0 amide bonds. The van der Waals surface area contributed by atoms with E-state index < -0.39 is 11.7 Å². The second-order valence-electron chi connectivity index (χ2n) is 4.26. The molecule has 1 rings (SSSR count). The Balaban J connectivity index is 2.55. The van der Waals surface area contributed by atoms with E-state index in [-0.39, 0.29) is 5.56 Å². The van der Waals surface area contributed by atoms with Gasteiger partial charge in [0.1, 0.15) is 0 Å².